The number of hydrogen-bond acceptors (Lipinski definition) is 8. The average molecular weight is 314 g/mol. The highest BCUT2D eigenvalue weighted by atomic mass is 16.5. The summed E-state index contributed by atoms with van der Waals surface area (Å²) in [5.41, 5.74) is 7.65. The molecular weight excluding hydrogens is 300 g/mol. The zero-order valence-corrected chi connectivity index (χ0v) is 12.0. The highest BCUT2D eigenvalue weighted by Gasteiger charge is 2.26. The maximum atomic E-state index is 9.64. The van der Waals surface area contributed by atoms with Gasteiger partial charge in [-0.25, -0.2) is 0 Å². The minimum Gasteiger partial charge on any atom is -0.504 e. The lowest BCUT2D eigenvalue weighted by molar-refractivity contribution is 0.311. The normalized spacial score (nSPS) is 11.8. The molecule has 0 saturated carbocycles. The number of fused-ring (bicyclic) bond motifs is 2. The van der Waals surface area contributed by atoms with Crippen molar-refractivity contribution in [2.75, 3.05) is 24.2 Å². The molecule has 1 aromatic carbocycles. The first-order valence-electron chi connectivity index (χ1n) is 6.85. The van der Waals surface area contributed by atoms with E-state index in [9.17, 15) is 15.5 Å². The second kappa shape index (κ2) is 5.55. The Kier molecular flexibility index (Phi) is 3.56. The summed E-state index contributed by atoms with van der Waals surface area (Å²) in [5, 5.41) is 40.5. The Morgan fingerprint density at radius 2 is 2.09 bits per heavy atom. The molecule has 118 valence electrons. The minimum atomic E-state index is -0.299. The molecule has 0 spiro atoms. The number of pyridine rings is 1. The Hall–Kier alpha value is -3.18. The molecule has 8 nitrogen and oxygen atoms in total. The summed E-state index contributed by atoms with van der Waals surface area (Å²) >= 11 is 0. The van der Waals surface area contributed by atoms with Crippen LogP contribution in [0.5, 0.6) is 23.1 Å². The predicted molar refractivity (Wildman–Crippen MR) is 81.6 cm³/mol. The molecule has 0 saturated heterocycles. The van der Waals surface area contributed by atoms with Crippen LogP contribution in [0.2, 0.25) is 0 Å². The number of phenols is 2. The van der Waals surface area contributed by atoms with Gasteiger partial charge < -0.3 is 31.1 Å². The third-order valence-electron chi connectivity index (χ3n) is 3.54. The van der Waals surface area contributed by atoms with Crippen molar-refractivity contribution in [3.63, 3.8) is 0 Å². The van der Waals surface area contributed by atoms with E-state index >= 15 is 0 Å². The van der Waals surface area contributed by atoms with Crippen LogP contribution in [-0.2, 0) is 6.42 Å². The van der Waals surface area contributed by atoms with Crippen molar-refractivity contribution in [1.29, 1.82) is 5.26 Å². The van der Waals surface area contributed by atoms with Crippen molar-refractivity contribution in [1.82, 2.24) is 4.98 Å². The van der Waals surface area contributed by atoms with Crippen molar-refractivity contribution < 1.29 is 20.1 Å². The number of phenolic OH excluding ortho intramolecular Hbond substituents is 2. The standard InChI is InChI=1S/C15H14N4O4/c16-6-9-13(18-1-2-20)8-3-7-4-10(21)11(22)5-12(7)23-15(8)19-14(9)17/h4-5,20-22H,1-3H2,(H3,17,18,19). The van der Waals surface area contributed by atoms with Gasteiger partial charge >= 0.3 is 0 Å². The summed E-state index contributed by atoms with van der Waals surface area (Å²) in [6.45, 7) is 0.117. The highest BCUT2D eigenvalue weighted by Crippen LogP contribution is 2.44. The fourth-order valence-electron chi connectivity index (χ4n) is 2.48. The van der Waals surface area contributed by atoms with E-state index in [0.29, 0.717) is 29.0 Å². The van der Waals surface area contributed by atoms with Gasteiger partial charge in [-0.05, 0) is 6.07 Å². The number of nitrogens with one attached hydrogen (secondary N) is 1. The Morgan fingerprint density at radius 1 is 1.35 bits per heavy atom. The number of aromatic nitrogens is 1. The van der Waals surface area contributed by atoms with Crippen LogP contribution in [0.15, 0.2) is 12.1 Å². The van der Waals surface area contributed by atoms with E-state index < -0.39 is 0 Å². The number of aliphatic hydroxyl groups excluding tert-OH is 1. The van der Waals surface area contributed by atoms with Crippen LogP contribution >= 0.6 is 0 Å². The molecule has 1 aliphatic heterocycles. The maximum Gasteiger partial charge on any atom is 0.226 e. The van der Waals surface area contributed by atoms with Gasteiger partial charge in [0.2, 0.25) is 5.88 Å². The molecule has 2 aromatic rings. The molecule has 0 unspecified atom stereocenters. The van der Waals surface area contributed by atoms with E-state index in [2.05, 4.69) is 10.3 Å². The summed E-state index contributed by atoms with van der Waals surface area (Å²) in [6, 6.07) is 4.68. The number of ether oxygens (including phenoxy) is 1. The Bertz CT molecular complexity index is 829. The summed E-state index contributed by atoms with van der Waals surface area (Å²) in [7, 11) is 0. The summed E-state index contributed by atoms with van der Waals surface area (Å²) in [6.07, 6.45) is 0.328. The maximum absolute atomic E-state index is 9.64. The van der Waals surface area contributed by atoms with Crippen molar-refractivity contribution in [3.8, 4) is 29.2 Å². The third kappa shape index (κ3) is 2.43. The fraction of sp³-hybridized carbons (Fsp3) is 0.200. The summed E-state index contributed by atoms with van der Waals surface area (Å²) in [5.74, 6) is 0.0345. The van der Waals surface area contributed by atoms with E-state index in [1.165, 1.54) is 12.1 Å². The number of aromatic hydroxyl groups is 2. The van der Waals surface area contributed by atoms with E-state index in [1.807, 2.05) is 6.07 Å². The van der Waals surface area contributed by atoms with Crippen molar-refractivity contribution >= 4 is 11.5 Å². The lowest BCUT2D eigenvalue weighted by atomic mass is 9.98. The zero-order valence-electron chi connectivity index (χ0n) is 12.0. The molecule has 0 bridgehead atoms. The molecule has 0 fully saturated rings. The fourth-order valence-corrected chi connectivity index (χ4v) is 2.48. The molecule has 1 aliphatic rings. The molecule has 0 radical (unpaired) electrons. The molecule has 6 N–H and O–H groups in total. The van der Waals surface area contributed by atoms with Crippen LogP contribution in [0.4, 0.5) is 11.5 Å². The number of rotatable bonds is 3. The van der Waals surface area contributed by atoms with Gasteiger partial charge in [0.25, 0.3) is 0 Å². The van der Waals surface area contributed by atoms with Crippen molar-refractivity contribution in [3.05, 3.63) is 28.8 Å². The first-order chi connectivity index (χ1) is 11.0. The van der Waals surface area contributed by atoms with Gasteiger partial charge in [0, 0.05) is 30.2 Å². The van der Waals surface area contributed by atoms with Crippen LogP contribution in [0, 0.1) is 11.3 Å². The minimum absolute atomic E-state index is 0.0122. The van der Waals surface area contributed by atoms with E-state index in [4.69, 9.17) is 15.6 Å². The zero-order chi connectivity index (χ0) is 16.6. The molecule has 1 aromatic heterocycles. The van der Waals surface area contributed by atoms with Crippen LogP contribution in [0.1, 0.15) is 16.7 Å². The van der Waals surface area contributed by atoms with Gasteiger partial charge in [-0.15, -0.1) is 0 Å². The largest absolute Gasteiger partial charge is 0.504 e. The lowest BCUT2D eigenvalue weighted by Gasteiger charge is -2.23. The quantitative estimate of drug-likeness (QED) is 0.451. The van der Waals surface area contributed by atoms with Crippen molar-refractivity contribution in [2.24, 2.45) is 0 Å². The van der Waals surface area contributed by atoms with Crippen LogP contribution in [0.25, 0.3) is 0 Å². The second-order valence-corrected chi connectivity index (χ2v) is 5.02. The van der Waals surface area contributed by atoms with Crippen molar-refractivity contribution in [2.45, 2.75) is 6.42 Å². The second-order valence-electron chi connectivity index (χ2n) is 5.02. The molecule has 3 rings (SSSR count). The SMILES string of the molecule is N#Cc1c(N)nc2c(c1NCCO)Cc1cc(O)c(O)cc1O2. The van der Waals surface area contributed by atoms with Crippen LogP contribution in [0.3, 0.4) is 0 Å². The average Bonchev–Trinajstić information content (AvgIpc) is 2.52. The van der Waals surface area contributed by atoms with Gasteiger partial charge in [0.05, 0.1) is 12.3 Å². The van der Waals surface area contributed by atoms with Gasteiger partial charge in [-0.3, -0.25) is 0 Å². The number of nitrogen functional groups attached to an aromatic ring is 1. The van der Waals surface area contributed by atoms with Gasteiger partial charge in [0.1, 0.15) is 23.2 Å². The first kappa shape index (κ1) is 14.7. The number of nitrogens with two attached hydrogens (primary N) is 1. The molecule has 8 heteroatoms. The summed E-state index contributed by atoms with van der Waals surface area (Å²) < 4.78 is 5.64. The number of nitrogens with zero attached hydrogens (tertiary/aromatic N) is 2. The van der Waals surface area contributed by atoms with E-state index in [-0.39, 0.29) is 41.9 Å². The first-order valence-corrected chi connectivity index (χ1v) is 6.85. The number of nitriles is 1. The van der Waals surface area contributed by atoms with Crippen LogP contribution < -0.4 is 15.8 Å². The van der Waals surface area contributed by atoms with Gasteiger partial charge in [0.15, 0.2) is 11.5 Å². The smallest absolute Gasteiger partial charge is 0.226 e. The lowest BCUT2D eigenvalue weighted by Crippen LogP contribution is -2.15. The Labute approximate surface area is 131 Å². The summed E-state index contributed by atoms with van der Waals surface area (Å²) in [4.78, 5) is 4.09. The predicted octanol–water partition coefficient (Wildman–Crippen LogP) is 1.05. The Morgan fingerprint density at radius 3 is 2.78 bits per heavy atom. The Balaban J connectivity index is 2.14. The van der Waals surface area contributed by atoms with E-state index in [1.54, 1.807) is 0 Å². The van der Waals surface area contributed by atoms with Gasteiger partial charge in [-0.1, -0.05) is 0 Å². The number of hydrogen-bond donors (Lipinski definition) is 5. The van der Waals surface area contributed by atoms with Gasteiger partial charge in [-0.2, -0.15) is 10.2 Å². The van der Waals surface area contributed by atoms with E-state index in [0.717, 1.165) is 0 Å². The monoisotopic (exact) mass is 314 g/mol. The molecule has 0 aliphatic carbocycles. The molecule has 2 heterocycles. The molecular formula is C15H14N4O4. The number of anilines is 2. The highest BCUT2D eigenvalue weighted by molar-refractivity contribution is 5.74. The molecule has 0 amide bonds. The third-order valence-corrected chi connectivity index (χ3v) is 3.54. The number of aliphatic hydroxyl groups is 1. The number of benzene rings is 1. The molecule has 23 heavy (non-hydrogen) atoms. The topological polar surface area (TPSA) is 145 Å². The molecule has 0 atom stereocenters. The van der Waals surface area contributed by atoms with Crippen LogP contribution in [-0.4, -0.2) is 33.5 Å².